The van der Waals surface area contributed by atoms with Crippen molar-refractivity contribution in [2.45, 2.75) is 37.9 Å². The number of hydrogen-bond acceptors (Lipinski definition) is 4. The van der Waals surface area contributed by atoms with Gasteiger partial charge in [-0.2, -0.15) is 4.31 Å². The molecule has 1 amide bonds. The van der Waals surface area contributed by atoms with E-state index in [4.69, 9.17) is 4.74 Å². The number of nitrogens with one attached hydrogen (secondary N) is 1. The number of hydrogen-bond donors (Lipinski definition) is 1. The van der Waals surface area contributed by atoms with Crippen molar-refractivity contribution in [1.82, 2.24) is 9.62 Å². The lowest BCUT2D eigenvalue weighted by atomic mass is 10.2. The van der Waals surface area contributed by atoms with Crippen LogP contribution in [0.1, 0.15) is 31.1 Å². The van der Waals surface area contributed by atoms with E-state index in [-0.39, 0.29) is 23.0 Å². The van der Waals surface area contributed by atoms with E-state index in [1.165, 1.54) is 28.6 Å². The molecule has 1 N–H and O–H groups in total. The van der Waals surface area contributed by atoms with Crippen LogP contribution in [0.15, 0.2) is 29.2 Å². The minimum Gasteiger partial charge on any atom is -0.373 e. The Balaban J connectivity index is 2.21. The first-order valence-electron chi connectivity index (χ1n) is 7.38. The first-order chi connectivity index (χ1) is 10.3. The fourth-order valence-electron chi connectivity index (χ4n) is 2.52. The topological polar surface area (TPSA) is 75.7 Å². The first kappa shape index (κ1) is 16.9. The molecule has 22 heavy (non-hydrogen) atoms. The molecule has 0 aromatic heterocycles. The van der Waals surface area contributed by atoms with E-state index < -0.39 is 10.0 Å². The summed E-state index contributed by atoms with van der Waals surface area (Å²) in [6.45, 7) is 6.75. The van der Waals surface area contributed by atoms with E-state index >= 15 is 0 Å². The van der Waals surface area contributed by atoms with Gasteiger partial charge in [0.15, 0.2) is 0 Å². The molecule has 2 unspecified atom stereocenters. The molecule has 0 bridgehead atoms. The molecule has 0 aliphatic carbocycles. The Morgan fingerprint density at radius 2 is 1.77 bits per heavy atom. The second-order valence-corrected chi connectivity index (χ2v) is 7.40. The molecule has 122 valence electrons. The van der Waals surface area contributed by atoms with Crippen molar-refractivity contribution in [2.24, 2.45) is 0 Å². The second-order valence-electron chi connectivity index (χ2n) is 5.46. The van der Waals surface area contributed by atoms with Gasteiger partial charge in [0.2, 0.25) is 10.0 Å². The number of sulfonamides is 1. The third-order valence-electron chi connectivity index (χ3n) is 3.48. The molecule has 0 radical (unpaired) electrons. The van der Waals surface area contributed by atoms with Gasteiger partial charge in [-0.05, 0) is 45.0 Å². The van der Waals surface area contributed by atoms with Gasteiger partial charge in [0, 0.05) is 25.2 Å². The van der Waals surface area contributed by atoms with Crippen LogP contribution in [0.2, 0.25) is 0 Å². The highest BCUT2D eigenvalue weighted by molar-refractivity contribution is 7.89. The summed E-state index contributed by atoms with van der Waals surface area (Å²) in [5.41, 5.74) is 0.449. The van der Waals surface area contributed by atoms with E-state index in [1.54, 1.807) is 0 Å². The lowest BCUT2D eigenvalue weighted by Gasteiger charge is -2.34. The van der Waals surface area contributed by atoms with Gasteiger partial charge in [-0.15, -0.1) is 0 Å². The molecule has 1 aromatic carbocycles. The zero-order valence-electron chi connectivity index (χ0n) is 13.1. The van der Waals surface area contributed by atoms with Gasteiger partial charge in [-0.25, -0.2) is 8.42 Å². The summed E-state index contributed by atoms with van der Waals surface area (Å²) in [6.07, 6.45) is -0.263. The van der Waals surface area contributed by atoms with Crippen LogP contribution in [0.4, 0.5) is 0 Å². The molecule has 2 atom stereocenters. The van der Waals surface area contributed by atoms with E-state index in [0.29, 0.717) is 25.2 Å². The summed E-state index contributed by atoms with van der Waals surface area (Å²) in [7, 11) is -3.56. The molecule has 6 nitrogen and oxygen atoms in total. The third kappa shape index (κ3) is 3.66. The van der Waals surface area contributed by atoms with Crippen molar-refractivity contribution >= 4 is 15.9 Å². The van der Waals surface area contributed by atoms with Gasteiger partial charge in [-0.1, -0.05) is 0 Å². The average molecular weight is 326 g/mol. The number of amides is 1. The first-order valence-corrected chi connectivity index (χ1v) is 8.82. The fourth-order valence-corrected chi connectivity index (χ4v) is 4.11. The highest BCUT2D eigenvalue weighted by Gasteiger charge is 2.32. The van der Waals surface area contributed by atoms with Crippen molar-refractivity contribution < 1.29 is 17.9 Å². The maximum absolute atomic E-state index is 12.7. The minimum absolute atomic E-state index is 0.131. The zero-order chi connectivity index (χ0) is 16.3. The van der Waals surface area contributed by atoms with Gasteiger partial charge in [0.05, 0.1) is 17.1 Å². The maximum atomic E-state index is 12.7. The van der Waals surface area contributed by atoms with Crippen LogP contribution >= 0.6 is 0 Å². The predicted molar refractivity (Wildman–Crippen MR) is 83.2 cm³/mol. The molecule has 1 saturated heterocycles. The number of ether oxygens (including phenoxy) is 1. The lowest BCUT2D eigenvalue weighted by molar-refractivity contribution is -0.0440. The van der Waals surface area contributed by atoms with Crippen molar-refractivity contribution in [3.05, 3.63) is 29.8 Å². The largest absolute Gasteiger partial charge is 0.373 e. The Kier molecular flexibility index (Phi) is 5.20. The van der Waals surface area contributed by atoms with Gasteiger partial charge in [-0.3, -0.25) is 4.79 Å². The molecule has 1 aromatic rings. The molecule has 1 fully saturated rings. The maximum Gasteiger partial charge on any atom is 0.251 e. The normalized spacial score (nSPS) is 23.2. The summed E-state index contributed by atoms with van der Waals surface area (Å²) in [5.74, 6) is -0.208. The highest BCUT2D eigenvalue weighted by Crippen LogP contribution is 2.21. The van der Waals surface area contributed by atoms with Gasteiger partial charge in [0.1, 0.15) is 0 Å². The number of rotatable bonds is 4. The van der Waals surface area contributed by atoms with Crippen molar-refractivity contribution in [1.29, 1.82) is 0 Å². The Hall–Kier alpha value is -1.44. The van der Waals surface area contributed by atoms with Gasteiger partial charge < -0.3 is 10.1 Å². The monoisotopic (exact) mass is 326 g/mol. The molecule has 2 rings (SSSR count). The molecular formula is C15H22N2O4S. The Morgan fingerprint density at radius 3 is 2.27 bits per heavy atom. The number of nitrogens with zero attached hydrogens (tertiary/aromatic N) is 1. The number of carbonyl (C=O) groups is 1. The lowest BCUT2D eigenvalue weighted by Crippen LogP contribution is -2.48. The van der Waals surface area contributed by atoms with Crippen LogP contribution in [0.3, 0.4) is 0 Å². The van der Waals surface area contributed by atoms with E-state index in [9.17, 15) is 13.2 Å². The Labute approximate surface area is 131 Å². The smallest absolute Gasteiger partial charge is 0.251 e. The Morgan fingerprint density at radius 1 is 1.23 bits per heavy atom. The number of benzene rings is 1. The standard InChI is InChI=1S/C15H22N2O4S/c1-4-16-15(18)13-5-7-14(8-6-13)22(19,20)17-9-11(2)21-12(3)10-17/h5-8,11-12H,4,9-10H2,1-3H3,(H,16,18). The minimum atomic E-state index is -3.56. The molecule has 7 heteroatoms. The van der Waals surface area contributed by atoms with Gasteiger partial charge in [0.25, 0.3) is 5.91 Å². The molecular weight excluding hydrogens is 304 g/mol. The zero-order valence-corrected chi connectivity index (χ0v) is 13.9. The van der Waals surface area contributed by atoms with Crippen LogP contribution in [0.5, 0.6) is 0 Å². The second kappa shape index (κ2) is 6.76. The van der Waals surface area contributed by atoms with Crippen molar-refractivity contribution in [3.8, 4) is 0 Å². The van der Waals surface area contributed by atoms with Crippen molar-refractivity contribution in [3.63, 3.8) is 0 Å². The predicted octanol–water partition coefficient (Wildman–Crippen LogP) is 1.23. The average Bonchev–Trinajstić information content (AvgIpc) is 2.46. The summed E-state index contributed by atoms with van der Waals surface area (Å²) in [5, 5.41) is 2.68. The summed E-state index contributed by atoms with van der Waals surface area (Å²) in [4.78, 5) is 11.9. The van der Waals surface area contributed by atoms with Crippen LogP contribution < -0.4 is 5.32 Å². The van der Waals surface area contributed by atoms with E-state index in [1.807, 2.05) is 20.8 Å². The SMILES string of the molecule is CCNC(=O)c1ccc(S(=O)(=O)N2CC(C)OC(C)C2)cc1. The number of morpholine rings is 1. The summed E-state index contributed by atoms with van der Waals surface area (Å²) >= 11 is 0. The number of carbonyl (C=O) groups excluding carboxylic acids is 1. The van der Waals surface area contributed by atoms with E-state index in [2.05, 4.69) is 5.32 Å². The van der Waals surface area contributed by atoms with E-state index in [0.717, 1.165) is 0 Å². The summed E-state index contributed by atoms with van der Waals surface area (Å²) < 4.78 is 32.3. The fraction of sp³-hybridized carbons (Fsp3) is 0.533. The summed E-state index contributed by atoms with van der Waals surface area (Å²) in [6, 6.07) is 6.02. The molecule has 0 saturated carbocycles. The van der Waals surface area contributed by atoms with Crippen LogP contribution in [-0.4, -0.2) is 50.5 Å². The molecule has 0 spiro atoms. The quantitative estimate of drug-likeness (QED) is 0.903. The third-order valence-corrected chi connectivity index (χ3v) is 5.32. The molecule has 1 aliphatic rings. The Bertz CT molecular complexity index is 617. The van der Waals surface area contributed by atoms with Crippen LogP contribution in [0.25, 0.3) is 0 Å². The highest BCUT2D eigenvalue weighted by atomic mass is 32.2. The van der Waals surface area contributed by atoms with Crippen LogP contribution in [0, 0.1) is 0 Å². The van der Waals surface area contributed by atoms with Crippen LogP contribution in [-0.2, 0) is 14.8 Å². The molecule has 1 aliphatic heterocycles. The van der Waals surface area contributed by atoms with Gasteiger partial charge >= 0.3 is 0 Å². The molecule has 1 heterocycles. The van der Waals surface area contributed by atoms with Crippen molar-refractivity contribution in [2.75, 3.05) is 19.6 Å².